The molecule has 2 aliphatic rings. The Bertz CT molecular complexity index is 636. The van der Waals surface area contributed by atoms with Crippen LogP contribution in [0.4, 0.5) is 0 Å². The molecule has 0 aromatic heterocycles. The van der Waals surface area contributed by atoms with Crippen LogP contribution in [-0.2, 0) is 14.3 Å². The van der Waals surface area contributed by atoms with Gasteiger partial charge in [-0.3, -0.25) is 9.59 Å². The molecular formula is C18H22O5. The van der Waals surface area contributed by atoms with E-state index < -0.39 is 17.2 Å². The SMILES string of the molecule is COC(=O)C12C=CC(=O)C(O)=C1CC(CC/C=C(\C)CO)=CC2. The summed E-state index contributed by atoms with van der Waals surface area (Å²) in [6.45, 7) is 1.90. The Labute approximate surface area is 135 Å². The van der Waals surface area contributed by atoms with E-state index in [1.54, 1.807) is 6.08 Å². The highest BCUT2D eigenvalue weighted by molar-refractivity contribution is 6.06. The third-order valence-electron chi connectivity index (χ3n) is 4.45. The van der Waals surface area contributed by atoms with Crippen LogP contribution in [0.2, 0.25) is 0 Å². The number of fused-ring (bicyclic) bond motifs is 1. The van der Waals surface area contributed by atoms with Crippen LogP contribution >= 0.6 is 0 Å². The first-order chi connectivity index (χ1) is 10.9. The van der Waals surface area contributed by atoms with E-state index in [0.29, 0.717) is 18.4 Å². The molecule has 5 heteroatoms. The van der Waals surface area contributed by atoms with E-state index in [1.165, 1.54) is 13.2 Å². The van der Waals surface area contributed by atoms with Gasteiger partial charge in [0.25, 0.3) is 0 Å². The van der Waals surface area contributed by atoms with Crippen LogP contribution in [0.1, 0.15) is 32.6 Å². The molecule has 0 saturated carbocycles. The van der Waals surface area contributed by atoms with Crippen molar-refractivity contribution in [3.05, 3.63) is 46.8 Å². The lowest BCUT2D eigenvalue weighted by Crippen LogP contribution is -2.38. The van der Waals surface area contributed by atoms with Gasteiger partial charge in [0.2, 0.25) is 5.78 Å². The summed E-state index contributed by atoms with van der Waals surface area (Å²) in [6, 6.07) is 0. The van der Waals surface area contributed by atoms with E-state index in [9.17, 15) is 14.7 Å². The molecule has 0 heterocycles. The van der Waals surface area contributed by atoms with Gasteiger partial charge in [0.15, 0.2) is 5.76 Å². The van der Waals surface area contributed by atoms with Crippen LogP contribution in [0.25, 0.3) is 0 Å². The zero-order valence-electron chi connectivity index (χ0n) is 13.5. The number of carbonyl (C=O) groups excluding carboxylic acids is 2. The second-order valence-electron chi connectivity index (χ2n) is 5.98. The molecular weight excluding hydrogens is 296 g/mol. The fourth-order valence-electron chi connectivity index (χ4n) is 3.01. The summed E-state index contributed by atoms with van der Waals surface area (Å²) < 4.78 is 4.88. The molecule has 124 valence electrons. The predicted octanol–water partition coefficient (Wildman–Crippen LogP) is 2.54. The summed E-state index contributed by atoms with van der Waals surface area (Å²) in [7, 11) is 1.30. The molecule has 5 nitrogen and oxygen atoms in total. The summed E-state index contributed by atoms with van der Waals surface area (Å²) in [5, 5.41) is 19.1. The van der Waals surface area contributed by atoms with Crippen LogP contribution in [0.5, 0.6) is 0 Å². The maximum atomic E-state index is 12.2. The van der Waals surface area contributed by atoms with Crippen molar-refractivity contribution in [2.24, 2.45) is 5.41 Å². The third kappa shape index (κ3) is 3.29. The van der Waals surface area contributed by atoms with Gasteiger partial charge in [-0.25, -0.2) is 0 Å². The van der Waals surface area contributed by atoms with Crippen molar-refractivity contribution in [1.82, 2.24) is 0 Å². The minimum atomic E-state index is -1.06. The van der Waals surface area contributed by atoms with E-state index >= 15 is 0 Å². The lowest BCUT2D eigenvalue weighted by molar-refractivity contribution is -0.148. The van der Waals surface area contributed by atoms with Gasteiger partial charge >= 0.3 is 5.97 Å². The number of esters is 1. The molecule has 0 fully saturated rings. The number of hydrogen-bond donors (Lipinski definition) is 2. The number of ether oxygens (including phenoxy) is 1. The van der Waals surface area contributed by atoms with Crippen molar-refractivity contribution in [2.75, 3.05) is 13.7 Å². The second-order valence-corrected chi connectivity index (χ2v) is 5.98. The smallest absolute Gasteiger partial charge is 0.320 e. The van der Waals surface area contributed by atoms with Crippen molar-refractivity contribution in [3.63, 3.8) is 0 Å². The van der Waals surface area contributed by atoms with Gasteiger partial charge in [-0.2, -0.15) is 0 Å². The first kappa shape index (κ1) is 17.2. The minimum Gasteiger partial charge on any atom is -0.504 e. The Hall–Kier alpha value is -2.14. The van der Waals surface area contributed by atoms with Gasteiger partial charge < -0.3 is 14.9 Å². The first-order valence-electron chi connectivity index (χ1n) is 7.63. The van der Waals surface area contributed by atoms with Gasteiger partial charge in [-0.15, -0.1) is 0 Å². The van der Waals surface area contributed by atoms with E-state index in [2.05, 4.69) is 0 Å². The van der Waals surface area contributed by atoms with Crippen molar-refractivity contribution in [3.8, 4) is 0 Å². The van der Waals surface area contributed by atoms with E-state index in [4.69, 9.17) is 9.84 Å². The number of allylic oxidation sites excluding steroid dienone is 4. The van der Waals surface area contributed by atoms with Gasteiger partial charge in [-0.1, -0.05) is 29.4 Å². The van der Waals surface area contributed by atoms with Gasteiger partial charge in [0, 0.05) is 5.57 Å². The first-order valence-corrected chi connectivity index (χ1v) is 7.63. The van der Waals surface area contributed by atoms with Crippen molar-refractivity contribution in [1.29, 1.82) is 0 Å². The van der Waals surface area contributed by atoms with Crippen LogP contribution in [0.15, 0.2) is 46.8 Å². The molecule has 0 aromatic carbocycles. The average molecular weight is 318 g/mol. The number of hydrogen-bond acceptors (Lipinski definition) is 5. The monoisotopic (exact) mass is 318 g/mol. The van der Waals surface area contributed by atoms with Crippen LogP contribution in [-0.4, -0.2) is 35.7 Å². The van der Waals surface area contributed by atoms with Gasteiger partial charge in [-0.05, 0) is 38.7 Å². The molecule has 2 aliphatic carbocycles. The summed E-state index contributed by atoms with van der Waals surface area (Å²) >= 11 is 0. The number of ketones is 1. The summed E-state index contributed by atoms with van der Waals surface area (Å²) in [6.07, 6.45) is 8.99. The van der Waals surface area contributed by atoms with Crippen molar-refractivity contribution in [2.45, 2.75) is 32.6 Å². The Kier molecular flexibility index (Phi) is 5.21. The fraction of sp³-hybridized carbons (Fsp3) is 0.444. The number of carbonyl (C=O) groups is 2. The molecule has 0 spiro atoms. The standard InChI is InChI=1S/C18H22O5/c1-12(11-19)4-3-5-13-6-8-18(17(22)23-2)9-7-15(20)16(21)14(18)10-13/h4,6-7,9,19,21H,3,5,8,10-11H2,1-2H3/b12-4+. The molecule has 0 radical (unpaired) electrons. The molecule has 2 N–H and O–H groups in total. The molecule has 2 rings (SSSR count). The van der Waals surface area contributed by atoms with Crippen LogP contribution < -0.4 is 0 Å². The largest absolute Gasteiger partial charge is 0.504 e. The molecule has 0 aliphatic heterocycles. The summed E-state index contributed by atoms with van der Waals surface area (Å²) in [5.74, 6) is -1.28. The number of aliphatic hydroxyl groups excluding tert-OH is 2. The van der Waals surface area contributed by atoms with Crippen LogP contribution in [0, 0.1) is 5.41 Å². The average Bonchev–Trinajstić information content (AvgIpc) is 2.57. The predicted molar refractivity (Wildman–Crippen MR) is 85.6 cm³/mol. The quantitative estimate of drug-likeness (QED) is 0.601. The molecule has 0 aromatic rings. The molecule has 23 heavy (non-hydrogen) atoms. The van der Waals surface area contributed by atoms with Crippen molar-refractivity contribution < 1.29 is 24.5 Å². The highest BCUT2D eigenvalue weighted by Gasteiger charge is 2.46. The maximum absolute atomic E-state index is 12.2. The lowest BCUT2D eigenvalue weighted by atomic mass is 9.67. The lowest BCUT2D eigenvalue weighted by Gasteiger charge is -2.36. The Balaban J connectivity index is 2.26. The Morgan fingerprint density at radius 1 is 1.48 bits per heavy atom. The summed E-state index contributed by atoms with van der Waals surface area (Å²) in [5.41, 5.74) is 1.34. The number of aliphatic hydroxyl groups is 2. The zero-order chi connectivity index (χ0) is 17.0. The topological polar surface area (TPSA) is 83.8 Å². The highest BCUT2D eigenvalue weighted by Crippen LogP contribution is 2.46. The van der Waals surface area contributed by atoms with E-state index in [1.807, 2.05) is 19.1 Å². The maximum Gasteiger partial charge on any atom is 0.320 e. The molecule has 1 atom stereocenters. The van der Waals surface area contributed by atoms with Crippen molar-refractivity contribution >= 4 is 11.8 Å². The minimum absolute atomic E-state index is 0.0374. The molecule has 0 amide bonds. The van der Waals surface area contributed by atoms with Crippen LogP contribution in [0.3, 0.4) is 0 Å². The van der Waals surface area contributed by atoms with Gasteiger partial charge in [0.1, 0.15) is 5.41 Å². The molecule has 0 saturated heterocycles. The fourth-order valence-corrected chi connectivity index (χ4v) is 3.01. The summed E-state index contributed by atoms with van der Waals surface area (Å²) in [4.78, 5) is 24.0. The van der Waals surface area contributed by atoms with Gasteiger partial charge in [0.05, 0.1) is 13.7 Å². The molecule has 0 bridgehead atoms. The Morgan fingerprint density at radius 3 is 2.87 bits per heavy atom. The normalized spacial score (nSPS) is 24.4. The van der Waals surface area contributed by atoms with E-state index in [-0.39, 0.29) is 12.4 Å². The third-order valence-corrected chi connectivity index (χ3v) is 4.45. The number of methoxy groups -OCH3 is 1. The van der Waals surface area contributed by atoms with E-state index in [0.717, 1.165) is 24.0 Å². The highest BCUT2D eigenvalue weighted by atomic mass is 16.5. The zero-order valence-corrected chi connectivity index (χ0v) is 13.5. The second kappa shape index (κ2) is 6.96. The Morgan fingerprint density at radius 2 is 2.22 bits per heavy atom. The molecule has 1 unspecified atom stereocenters. The number of rotatable bonds is 5.